The van der Waals surface area contributed by atoms with Crippen molar-refractivity contribution < 1.29 is 9.94 Å². The van der Waals surface area contributed by atoms with Crippen LogP contribution in [-0.2, 0) is 4.84 Å². The van der Waals surface area contributed by atoms with Crippen LogP contribution in [0.5, 0.6) is 0 Å². The highest BCUT2D eigenvalue weighted by molar-refractivity contribution is 4.88. The fourth-order valence-electron chi connectivity index (χ4n) is 2.06. The zero-order chi connectivity index (χ0) is 9.73. The summed E-state index contributed by atoms with van der Waals surface area (Å²) in [5, 5.41) is 10.3. The third kappa shape index (κ3) is 2.93. The highest BCUT2D eigenvalue weighted by Gasteiger charge is 2.33. The Morgan fingerprint density at radius 1 is 1.23 bits per heavy atom. The maximum atomic E-state index is 10.3. The molecular weight excluding hydrogens is 166 g/mol. The van der Waals surface area contributed by atoms with Gasteiger partial charge in [-0.3, -0.25) is 0 Å². The van der Waals surface area contributed by atoms with E-state index in [1.165, 1.54) is 12.8 Å². The number of hydroxylamine groups is 1. The summed E-state index contributed by atoms with van der Waals surface area (Å²) >= 11 is 0. The van der Waals surface area contributed by atoms with Crippen molar-refractivity contribution in [2.45, 2.75) is 57.1 Å². The van der Waals surface area contributed by atoms with E-state index >= 15 is 0 Å². The lowest BCUT2D eigenvalue weighted by atomic mass is 9.88. The topological polar surface area (TPSA) is 41.5 Å². The minimum Gasteiger partial charge on any atom is -0.388 e. The van der Waals surface area contributed by atoms with Crippen LogP contribution >= 0.6 is 0 Å². The molecule has 1 atom stereocenters. The largest absolute Gasteiger partial charge is 0.388 e. The molecule has 0 aliphatic heterocycles. The highest BCUT2D eigenvalue weighted by atomic mass is 16.6. The van der Waals surface area contributed by atoms with Crippen molar-refractivity contribution >= 4 is 0 Å². The molecule has 1 saturated carbocycles. The smallest absolute Gasteiger partial charge is 0.0820 e. The van der Waals surface area contributed by atoms with E-state index in [9.17, 15) is 5.11 Å². The van der Waals surface area contributed by atoms with Gasteiger partial charge in [-0.2, -0.15) is 5.48 Å². The van der Waals surface area contributed by atoms with Crippen molar-refractivity contribution in [3.63, 3.8) is 0 Å². The van der Waals surface area contributed by atoms with Gasteiger partial charge in [0.1, 0.15) is 0 Å². The van der Waals surface area contributed by atoms with Crippen LogP contribution in [0.2, 0.25) is 0 Å². The molecule has 3 heteroatoms. The predicted octanol–water partition coefficient (Wildman–Crippen LogP) is 1.61. The normalized spacial score (nSPS) is 25.2. The predicted molar refractivity (Wildman–Crippen MR) is 52.3 cm³/mol. The van der Waals surface area contributed by atoms with E-state index in [2.05, 4.69) is 5.48 Å². The first kappa shape index (κ1) is 11.0. The van der Waals surface area contributed by atoms with Crippen LogP contribution < -0.4 is 5.48 Å². The minimum absolute atomic E-state index is 0.0237. The van der Waals surface area contributed by atoms with E-state index in [0.29, 0.717) is 0 Å². The Kier molecular flexibility index (Phi) is 4.16. The fraction of sp³-hybridized carbons (Fsp3) is 1.00. The number of nitrogens with one attached hydrogen (secondary N) is 1. The Morgan fingerprint density at radius 3 is 2.23 bits per heavy atom. The maximum Gasteiger partial charge on any atom is 0.0820 e. The average molecular weight is 187 g/mol. The summed E-state index contributed by atoms with van der Waals surface area (Å²) < 4.78 is 0. The van der Waals surface area contributed by atoms with E-state index in [-0.39, 0.29) is 6.04 Å². The molecule has 78 valence electrons. The number of aliphatic hydroxyl groups is 1. The lowest BCUT2D eigenvalue weighted by Crippen LogP contribution is -2.48. The summed E-state index contributed by atoms with van der Waals surface area (Å²) in [6.07, 6.45) is 6.55. The van der Waals surface area contributed by atoms with Crippen LogP contribution in [0.25, 0.3) is 0 Å². The standard InChI is InChI=1S/C10H21NO2/c1-9(11-13-2)10(12)7-5-3-4-6-8-10/h9,11-12H,3-8H2,1-2H3. The molecule has 3 nitrogen and oxygen atoms in total. The van der Waals surface area contributed by atoms with Crippen molar-refractivity contribution in [3.05, 3.63) is 0 Å². The Morgan fingerprint density at radius 2 is 1.77 bits per heavy atom. The molecule has 1 aliphatic carbocycles. The van der Waals surface area contributed by atoms with Crippen molar-refractivity contribution in [2.24, 2.45) is 0 Å². The molecule has 0 saturated heterocycles. The Labute approximate surface area is 80.4 Å². The van der Waals surface area contributed by atoms with Crippen molar-refractivity contribution in [1.29, 1.82) is 0 Å². The van der Waals surface area contributed by atoms with Crippen molar-refractivity contribution in [1.82, 2.24) is 5.48 Å². The average Bonchev–Trinajstić information content (AvgIpc) is 2.32. The van der Waals surface area contributed by atoms with Gasteiger partial charge in [0.2, 0.25) is 0 Å². The molecule has 1 fully saturated rings. The summed E-state index contributed by atoms with van der Waals surface area (Å²) in [4.78, 5) is 4.85. The molecule has 0 bridgehead atoms. The van der Waals surface area contributed by atoms with Gasteiger partial charge in [-0.05, 0) is 19.8 Å². The zero-order valence-corrected chi connectivity index (χ0v) is 8.68. The molecule has 13 heavy (non-hydrogen) atoms. The van der Waals surface area contributed by atoms with Gasteiger partial charge in [0, 0.05) is 0 Å². The van der Waals surface area contributed by atoms with E-state index in [1.54, 1.807) is 7.11 Å². The molecule has 2 N–H and O–H groups in total. The molecule has 0 aromatic carbocycles. The Bertz CT molecular complexity index is 142. The molecule has 1 rings (SSSR count). The van der Waals surface area contributed by atoms with E-state index in [0.717, 1.165) is 25.7 Å². The number of rotatable bonds is 3. The first-order valence-corrected chi connectivity index (χ1v) is 5.20. The van der Waals surface area contributed by atoms with Gasteiger partial charge in [-0.15, -0.1) is 0 Å². The number of hydrogen-bond acceptors (Lipinski definition) is 3. The second kappa shape index (κ2) is 4.94. The van der Waals surface area contributed by atoms with Crippen molar-refractivity contribution in [3.8, 4) is 0 Å². The Balaban J connectivity index is 2.49. The van der Waals surface area contributed by atoms with Gasteiger partial charge in [0.15, 0.2) is 0 Å². The van der Waals surface area contributed by atoms with Gasteiger partial charge in [0.05, 0.1) is 18.8 Å². The molecule has 0 spiro atoms. The van der Waals surface area contributed by atoms with E-state index < -0.39 is 5.60 Å². The first-order chi connectivity index (χ1) is 6.19. The third-order valence-corrected chi connectivity index (χ3v) is 3.07. The summed E-state index contributed by atoms with van der Waals surface area (Å²) in [5.74, 6) is 0. The van der Waals surface area contributed by atoms with E-state index in [4.69, 9.17) is 4.84 Å². The zero-order valence-electron chi connectivity index (χ0n) is 8.68. The second-order valence-electron chi connectivity index (χ2n) is 4.06. The molecule has 0 heterocycles. The van der Waals surface area contributed by atoms with Crippen molar-refractivity contribution in [2.75, 3.05) is 7.11 Å². The summed E-state index contributed by atoms with van der Waals surface area (Å²) in [6.45, 7) is 1.98. The van der Waals surface area contributed by atoms with E-state index in [1.807, 2.05) is 6.92 Å². The van der Waals surface area contributed by atoms with Gasteiger partial charge < -0.3 is 9.94 Å². The third-order valence-electron chi connectivity index (χ3n) is 3.07. The highest BCUT2D eigenvalue weighted by Crippen LogP contribution is 2.29. The van der Waals surface area contributed by atoms with Crippen LogP contribution in [0.4, 0.5) is 0 Å². The van der Waals surface area contributed by atoms with Gasteiger partial charge in [-0.1, -0.05) is 25.7 Å². The number of hydrogen-bond donors (Lipinski definition) is 2. The molecule has 1 unspecified atom stereocenters. The van der Waals surface area contributed by atoms with Gasteiger partial charge >= 0.3 is 0 Å². The SMILES string of the molecule is CONC(C)C1(O)CCCCCC1. The Hall–Kier alpha value is -0.120. The molecule has 0 aromatic rings. The van der Waals surface area contributed by atoms with Crippen LogP contribution in [0.3, 0.4) is 0 Å². The van der Waals surface area contributed by atoms with Crippen LogP contribution in [0.1, 0.15) is 45.4 Å². The first-order valence-electron chi connectivity index (χ1n) is 5.20. The lowest BCUT2D eigenvalue weighted by molar-refractivity contribution is -0.0616. The molecule has 1 aliphatic rings. The monoisotopic (exact) mass is 187 g/mol. The summed E-state index contributed by atoms with van der Waals surface area (Å²) in [7, 11) is 1.59. The van der Waals surface area contributed by atoms with Gasteiger partial charge in [-0.25, -0.2) is 0 Å². The summed E-state index contributed by atoms with van der Waals surface area (Å²) in [5.41, 5.74) is 2.27. The van der Waals surface area contributed by atoms with Crippen LogP contribution in [0.15, 0.2) is 0 Å². The summed E-state index contributed by atoms with van der Waals surface area (Å²) in [6, 6.07) is 0.0237. The van der Waals surface area contributed by atoms with Crippen LogP contribution in [0, 0.1) is 0 Å². The second-order valence-corrected chi connectivity index (χ2v) is 4.06. The molecular formula is C10H21NO2. The minimum atomic E-state index is -0.563. The molecule has 0 amide bonds. The van der Waals surface area contributed by atoms with Crippen LogP contribution in [-0.4, -0.2) is 23.9 Å². The molecule has 0 radical (unpaired) electrons. The quantitative estimate of drug-likeness (QED) is 0.521. The molecule has 0 aromatic heterocycles. The lowest BCUT2D eigenvalue weighted by Gasteiger charge is -2.33. The fourth-order valence-corrected chi connectivity index (χ4v) is 2.06. The van der Waals surface area contributed by atoms with Gasteiger partial charge in [0.25, 0.3) is 0 Å². The maximum absolute atomic E-state index is 10.3.